The summed E-state index contributed by atoms with van der Waals surface area (Å²) >= 11 is 1.74. The van der Waals surface area contributed by atoms with Crippen LogP contribution in [0.2, 0.25) is 0 Å². The van der Waals surface area contributed by atoms with E-state index in [1.54, 1.807) is 11.3 Å². The first-order valence-corrected chi connectivity index (χ1v) is 7.95. The lowest BCUT2D eigenvalue weighted by Crippen LogP contribution is -2.12. The van der Waals surface area contributed by atoms with Crippen LogP contribution in [-0.2, 0) is 18.4 Å². The molecule has 1 N–H and O–H groups in total. The Bertz CT molecular complexity index is 555. The molecule has 2 aromatic heterocycles. The molecule has 20 heavy (non-hydrogen) atoms. The van der Waals surface area contributed by atoms with E-state index in [2.05, 4.69) is 49.4 Å². The van der Waals surface area contributed by atoms with Gasteiger partial charge in [-0.05, 0) is 17.7 Å². The summed E-state index contributed by atoms with van der Waals surface area (Å²) < 4.78 is 0. The fourth-order valence-corrected chi connectivity index (χ4v) is 2.97. The molecule has 4 heteroatoms. The largest absolute Gasteiger partial charge is 0.313 e. The highest BCUT2D eigenvalue weighted by Gasteiger charge is 2.17. The summed E-state index contributed by atoms with van der Waals surface area (Å²) in [5.41, 5.74) is 3.77. The summed E-state index contributed by atoms with van der Waals surface area (Å²) in [6, 6.07) is 2.22. The lowest BCUT2D eigenvalue weighted by molar-refractivity contribution is 0.571. The predicted octanol–water partition coefficient (Wildman–Crippen LogP) is 3.54. The number of rotatable bonds is 5. The highest BCUT2D eigenvalue weighted by atomic mass is 32.1. The molecule has 0 aromatic carbocycles. The van der Waals surface area contributed by atoms with E-state index < -0.39 is 0 Å². The smallest absolute Gasteiger partial charge is 0.0973 e. The fraction of sp³-hybridized carbons (Fsp3) is 0.500. The molecule has 0 amide bonds. The van der Waals surface area contributed by atoms with E-state index in [0.717, 1.165) is 24.5 Å². The third-order valence-corrected chi connectivity index (χ3v) is 3.95. The van der Waals surface area contributed by atoms with Gasteiger partial charge in [-0.1, -0.05) is 33.8 Å². The van der Waals surface area contributed by atoms with E-state index in [1.807, 2.05) is 12.4 Å². The zero-order valence-electron chi connectivity index (χ0n) is 12.7. The molecule has 0 bridgehead atoms. The van der Waals surface area contributed by atoms with Crippen LogP contribution in [0.25, 0.3) is 0 Å². The van der Waals surface area contributed by atoms with Gasteiger partial charge >= 0.3 is 0 Å². The van der Waals surface area contributed by atoms with Gasteiger partial charge in [0.2, 0.25) is 0 Å². The van der Waals surface area contributed by atoms with Gasteiger partial charge in [0.25, 0.3) is 0 Å². The number of thiazole rings is 1. The Hall–Kier alpha value is -1.26. The summed E-state index contributed by atoms with van der Waals surface area (Å²) in [5.74, 6) is 0. The topological polar surface area (TPSA) is 37.8 Å². The molecule has 0 spiro atoms. The Morgan fingerprint density at radius 2 is 1.95 bits per heavy atom. The molecular formula is C16H23N3S. The van der Waals surface area contributed by atoms with Crippen molar-refractivity contribution in [3.8, 4) is 0 Å². The molecular weight excluding hydrogens is 266 g/mol. The van der Waals surface area contributed by atoms with Gasteiger partial charge in [-0.3, -0.25) is 4.98 Å². The minimum Gasteiger partial charge on any atom is -0.313 e. The van der Waals surface area contributed by atoms with Crippen LogP contribution < -0.4 is 5.32 Å². The maximum absolute atomic E-state index is 4.74. The minimum atomic E-state index is 0.125. The van der Waals surface area contributed by atoms with Crippen LogP contribution in [-0.4, -0.2) is 16.5 Å². The van der Waals surface area contributed by atoms with Crippen LogP contribution in [0.5, 0.6) is 0 Å². The molecule has 0 saturated heterocycles. The van der Waals surface area contributed by atoms with Crippen molar-refractivity contribution in [1.82, 2.24) is 15.3 Å². The van der Waals surface area contributed by atoms with Crippen molar-refractivity contribution in [3.05, 3.63) is 45.7 Å². The summed E-state index contributed by atoms with van der Waals surface area (Å²) in [6.45, 7) is 10.6. The summed E-state index contributed by atoms with van der Waals surface area (Å²) in [6.07, 6.45) is 4.73. The summed E-state index contributed by atoms with van der Waals surface area (Å²) in [4.78, 5) is 9.07. The van der Waals surface area contributed by atoms with E-state index in [1.165, 1.54) is 16.8 Å². The lowest BCUT2D eigenvalue weighted by atomic mass is 9.93. The van der Waals surface area contributed by atoms with Crippen molar-refractivity contribution in [1.29, 1.82) is 0 Å². The normalized spacial score (nSPS) is 11.8. The molecule has 0 radical (unpaired) electrons. The third kappa shape index (κ3) is 4.12. The number of aromatic nitrogens is 2. The van der Waals surface area contributed by atoms with Gasteiger partial charge in [-0.2, -0.15) is 0 Å². The highest BCUT2D eigenvalue weighted by molar-refractivity contribution is 7.09. The van der Waals surface area contributed by atoms with Crippen molar-refractivity contribution in [2.24, 2.45) is 0 Å². The second kappa shape index (κ2) is 6.46. The molecule has 0 atom stereocenters. The first-order valence-electron chi connectivity index (χ1n) is 7.07. The van der Waals surface area contributed by atoms with Crippen LogP contribution in [0.15, 0.2) is 23.8 Å². The van der Waals surface area contributed by atoms with Gasteiger partial charge in [0.1, 0.15) is 0 Å². The van der Waals surface area contributed by atoms with E-state index in [0.29, 0.717) is 0 Å². The van der Waals surface area contributed by atoms with Crippen molar-refractivity contribution < 1.29 is 0 Å². The third-order valence-electron chi connectivity index (χ3n) is 3.11. The molecule has 0 saturated carbocycles. The Labute approximate surface area is 125 Å². The number of nitrogens with one attached hydrogen (secondary N) is 1. The Balaban J connectivity index is 2.08. The summed E-state index contributed by atoms with van der Waals surface area (Å²) in [7, 11) is 0. The lowest BCUT2D eigenvalue weighted by Gasteiger charge is -2.14. The van der Waals surface area contributed by atoms with E-state index in [9.17, 15) is 0 Å². The zero-order valence-corrected chi connectivity index (χ0v) is 13.5. The van der Waals surface area contributed by atoms with Crippen LogP contribution >= 0.6 is 11.3 Å². The van der Waals surface area contributed by atoms with Crippen molar-refractivity contribution in [2.75, 3.05) is 6.54 Å². The fourth-order valence-electron chi connectivity index (χ4n) is 1.92. The standard InChI is InChI=1S/C16H23N3S/c1-5-17-9-13-6-12(8-18-10-13)7-15-19-14(11-20-15)16(2,3)4/h6,8,10-11,17H,5,7,9H2,1-4H3. The minimum absolute atomic E-state index is 0.125. The quantitative estimate of drug-likeness (QED) is 0.915. The Morgan fingerprint density at radius 1 is 1.20 bits per heavy atom. The van der Waals surface area contributed by atoms with E-state index in [-0.39, 0.29) is 5.41 Å². The first-order chi connectivity index (χ1) is 9.49. The number of pyridine rings is 1. The SMILES string of the molecule is CCNCc1cncc(Cc2nc(C(C)(C)C)cs2)c1. The maximum Gasteiger partial charge on any atom is 0.0973 e. The van der Waals surface area contributed by atoms with Gasteiger partial charge in [-0.25, -0.2) is 4.98 Å². The molecule has 0 fully saturated rings. The van der Waals surface area contributed by atoms with Gasteiger partial charge in [0.15, 0.2) is 0 Å². The Kier molecular flexibility index (Phi) is 4.89. The predicted molar refractivity (Wildman–Crippen MR) is 85.2 cm³/mol. The maximum atomic E-state index is 4.74. The average Bonchev–Trinajstić information content (AvgIpc) is 2.85. The van der Waals surface area contributed by atoms with Crippen molar-refractivity contribution in [3.63, 3.8) is 0 Å². The Morgan fingerprint density at radius 3 is 2.60 bits per heavy atom. The molecule has 0 unspecified atom stereocenters. The highest BCUT2D eigenvalue weighted by Crippen LogP contribution is 2.25. The van der Waals surface area contributed by atoms with E-state index in [4.69, 9.17) is 4.98 Å². The molecule has 3 nitrogen and oxygen atoms in total. The van der Waals surface area contributed by atoms with E-state index >= 15 is 0 Å². The second-order valence-corrected chi connectivity index (χ2v) is 6.98. The second-order valence-electron chi connectivity index (χ2n) is 6.04. The average molecular weight is 289 g/mol. The van der Waals surface area contributed by atoms with Crippen LogP contribution in [0, 0.1) is 0 Å². The monoisotopic (exact) mass is 289 g/mol. The van der Waals surface area contributed by atoms with Crippen LogP contribution in [0.3, 0.4) is 0 Å². The molecule has 0 aliphatic heterocycles. The molecule has 108 valence electrons. The molecule has 2 heterocycles. The first kappa shape index (κ1) is 15.1. The number of hydrogen-bond acceptors (Lipinski definition) is 4. The van der Waals surface area contributed by atoms with Gasteiger partial charge in [0, 0.05) is 36.2 Å². The van der Waals surface area contributed by atoms with Crippen LogP contribution in [0.4, 0.5) is 0 Å². The van der Waals surface area contributed by atoms with Gasteiger partial charge in [-0.15, -0.1) is 11.3 Å². The molecule has 0 aliphatic carbocycles. The number of hydrogen-bond donors (Lipinski definition) is 1. The van der Waals surface area contributed by atoms with Gasteiger partial charge < -0.3 is 5.32 Å². The van der Waals surface area contributed by atoms with Crippen molar-refractivity contribution in [2.45, 2.75) is 46.1 Å². The molecule has 0 aliphatic rings. The zero-order chi connectivity index (χ0) is 14.6. The van der Waals surface area contributed by atoms with Gasteiger partial charge in [0.05, 0.1) is 10.7 Å². The van der Waals surface area contributed by atoms with Crippen LogP contribution in [0.1, 0.15) is 49.5 Å². The van der Waals surface area contributed by atoms with Crippen molar-refractivity contribution >= 4 is 11.3 Å². The number of nitrogens with zero attached hydrogens (tertiary/aromatic N) is 2. The molecule has 2 aromatic rings. The molecule has 2 rings (SSSR count). The summed E-state index contributed by atoms with van der Waals surface area (Å²) in [5, 5.41) is 6.66.